The fourth-order valence-corrected chi connectivity index (χ4v) is 3.39. The Bertz CT molecular complexity index is 690. The van der Waals surface area contributed by atoms with E-state index >= 15 is 0 Å². The highest BCUT2D eigenvalue weighted by Crippen LogP contribution is 2.35. The number of rotatable bonds is 3. The molecule has 2 N–H and O–H groups in total. The highest BCUT2D eigenvalue weighted by Gasteiger charge is 2.20. The zero-order chi connectivity index (χ0) is 15.0. The predicted octanol–water partition coefficient (Wildman–Crippen LogP) is 4.53. The molecular weight excluding hydrogens is 401 g/mol. The first kappa shape index (κ1) is 15.0. The van der Waals surface area contributed by atoms with Gasteiger partial charge in [-0.05, 0) is 63.3 Å². The van der Waals surface area contributed by atoms with Gasteiger partial charge in [0.15, 0.2) is 0 Å². The fraction of sp³-hybridized carbons (Fsp3) is 0.250. The maximum Gasteiger partial charge on any atom is 0.137 e. The van der Waals surface area contributed by atoms with Crippen molar-refractivity contribution >= 4 is 31.9 Å². The van der Waals surface area contributed by atoms with Crippen LogP contribution in [0.5, 0.6) is 5.75 Å². The van der Waals surface area contributed by atoms with E-state index in [0.717, 1.165) is 27.8 Å². The minimum Gasteiger partial charge on any atom is -0.493 e. The Morgan fingerprint density at radius 3 is 2.81 bits per heavy atom. The van der Waals surface area contributed by atoms with Crippen molar-refractivity contribution in [1.82, 2.24) is 0 Å². The van der Waals surface area contributed by atoms with E-state index < -0.39 is 0 Å². The van der Waals surface area contributed by atoms with Gasteiger partial charge in [0.25, 0.3) is 0 Å². The van der Waals surface area contributed by atoms with Gasteiger partial charge >= 0.3 is 0 Å². The lowest BCUT2D eigenvalue weighted by Gasteiger charge is -2.15. The van der Waals surface area contributed by atoms with Crippen LogP contribution in [0.4, 0.5) is 4.39 Å². The van der Waals surface area contributed by atoms with E-state index in [9.17, 15) is 4.39 Å². The van der Waals surface area contributed by atoms with Crippen LogP contribution in [-0.4, -0.2) is 6.61 Å². The van der Waals surface area contributed by atoms with Crippen LogP contribution < -0.4 is 10.5 Å². The Hall–Kier alpha value is -0.910. The van der Waals surface area contributed by atoms with Gasteiger partial charge in [-0.25, -0.2) is 4.39 Å². The fourth-order valence-electron chi connectivity index (χ4n) is 2.60. The first-order valence-electron chi connectivity index (χ1n) is 6.69. The van der Waals surface area contributed by atoms with Gasteiger partial charge < -0.3 is 10.5 Å². The third-order valence-corrected chi connectivity index (χ3v) is 4.74. The van der Waals surface area contributed by atoms with Crippen molar-refractivity contribution in [3.05, 3.63) is 61.8 Å². The quantitative estimate of drug-likeness (QED) is 0.800. The summed E-state index contributed by atoms with van der Waals surface area (Å²) in [6.07, 6.45) is 1.53. The summed E-state index contributed by atoms with van der Waals surface area (Å²) >= 11 is 6.67. The van der Waals surface area contributed by atoms with E-state index in [0.29, 0.717) is 17.5 Å². The average molecular weight is 415 g/mol. The summed E-state index contributed by atoms with van der Waals surface area (Å²) in [7, 11) is 0. The number of fused-ring (bicyclic) bond motifs is 1. The molecule has 0 aliphatic carbocycles. The number of halogens is 3. The van der Waals surface area contributed by atoms with Gasteiger partial charge in [0.2, 0.25) is 0 Å². The molecule has 0 saturated heterocycles. The highest BCUT2D eigenvalue weighted by molar-refractivity contribution is 9.10. The molecule has 0 aromatic heterocycles. The van der Waals surface area contributed by atoms with Crippen LogP contribution in [-0.2, 0) is 12.8 Å². The number of nitrogens with two attached hydrogens (primary N) is 1. The Morgan fingerprint density at radius 1 is 1.24 bits per heavy atom. The molecular formula is C16H14Br2FNO. The lowest BCUT2D eigenvalue weighted by molar-refractivity contribution is 0.352. The minimum absolute atomic E-state index is 0.268. The number of benzene rings is 2. The second-order valence-corrected chi connectivity index (χ2v) is 6.91. The summed E-state index contributed by atoms with van der Waals surface area (Å²) in [5.41, 5.74) is 9.28. The van der Waals surface area contributed by atoms with E-state index in [2.05, 4.69) is 37.9 Å². The second-order valence-electron chi connectivity index (χ2n) is 5.14. The molecule has 110 valence electrons. The van der Waals surface area contributed by atoms with Crippen LogP contribution in [0.2, 0.25) is 0 Å². The molecule has 2 nitrogen and oxygen atoms in total. The van der Waals surface area contributed by atoms with Gasteiger partial charge in [0.1, 0.15) is 11.6 Å². The third-order valence-electron chi connectivity index (χ3n) is 3.64. The van der Waals surface area contributed by atoms with Gasteiger partial charge in [-0.2, -0.15) is 0 Å². The van der Waals surface area contributed by atoms with E-state index in [-0.39, 0.29) is 11.9 Å². The van der Waals surface area contributed by atoms with E-state index in [1.807, 2.05) is 12.1 Å². The van der Waals surface area contributed by atoms with Gasteiger partial charge in [-0.3, -0.25) is 0 Å². The molecule has 3 rings (SSSR count). The van der Waals surface area contributed by atoms with Crippen LogP contribution in [0.3, 0.4) is 0 Å². The smallest absolute Gasteiger partial charge is 0.137 e. The van der Waals surface area contributed by atoms with Crippen molar-refractivity contribution in [2.24, 2.45) is 5.73 Å². The highest BCUT2D eigenvalue weighted by atomic mass is 79.9. The normalized spacial score (nSPS) is 14.7. The largest absolute Gasteiger partial charge is 0.493 e. The molecule has 21 heavy (non-hydrogen) atoms. The average Bonchev–Trinajstić information content (AvgIpc) is 2.90. The van der Waals surface area contributed by atoms with Crippen molar-refractivity contribution in [1.29, 1.82) is 0 Å². The monoisotopic (exact) mass is 413 g/mol. The molecule has 1 atom stereocenters. The number of hydrogen-bond acceptors (Lipinski definition) is 2. The Labute approximate surface area is 139 Å². The molecule has 1 aliphatic heterocycles. The number of ether oxygens (including phenoxy) is 1. The summed E-state index contributed by atoms with van der Waals surface area (Å²) in [5.74, 6) is 0.643. The zero-order valence-electron chi connectivity index (χ0n) is 11.2. The first-order chi connectivity index (χ1) is 10.0. The zero-order valence-corrected chi connectivity index (χ0v) is 14.4. The van der Waals surface area contributed by atoms with Gasteiger partial charge in [0.05, 0.1) is 11.1 Å². The lowest BCUT2D eigenvalue weighted by Crippen LogP contribution is -2.14. The SMILES string of the molecule is NC(Cc1cc(Br)cc2c1OCC2)c1ccc(Br)c(F)c1. The first-order valence-corrected chi connectivity index (χ1v) is 8.28. The maximum absolute atomic E-state index is 13.6. The van der Waals surface area contributed by atoms with Crippen molar-refractivity contribution in [2.75, 3.05) is 6.61 Å². The molecule has 0 spiro atoms. The van der Waals surface area contributed by atoms with Gasteiger partial charge in [-0.1, -0.05) is 22.0 Å². The van der Waals surface area contributed by atoms with Crippen molar-refractivity contribution in [3.63, 3.8) is 0 Å². The molecule has 0 fully saturated rings. The Morgan fingerprint density at radius 2 is 2.05 bits per heavy atom. The van der Waals surface area contributed by atoms with Crippen LogP contribution in [0.1, 0.15) is 22.7 Å². The summed E-state index contributed by atoms with van der Waals surface area (Å²) in [6, 6.07) is 8.85. The van der Waals surface area contributed by atoms with Crippen LogP contribution in [0, 0.1) is 5.82 Å². The van der Waals surface area contributed by atoms with E-state index in [1.165, 1.54) is 11.6 Å². The number of hydrogen-bond donors (Lipinski definition) is 1. The lowest BCUT2D eigenvalue weighted by atomic mass is 9.97. The van der Waals surface area contributed by atoms with E-state index in [4.69, 9.17) is 10.5 Å². The van der Waals surface area contributed by atoms with Crippen LogP contribution >= 0.6 is 31.9 Å². The summed E-state index contributed by atoms with van der Waals surface area (Å²) in [5, 5.41) is 0. The molecule has 0 saturated carbocycles. The maximum atomic E-state index is 13.6. The summed E-state index contributed by atoms with van der Waals surface area (Å²) < 4.78 is 20.8. The van der Waals surface area contributed by atoms with Gasteiger partial charge in [-0.15, -0.1) is 0 Å². The molecule has 1 aliphatic rings. The van der Waals surface area contributed by atoms with Crippen molar-refractivity contribution in [3.8, 4) is 5.75 Å². The molecule has 1 unspecified atom stereocenters. The molecule has 1 heterocycles. The van der Waals surface area contributed by atoms with Gasteiger partial charge in [0, 0.05) is 16.9 Å². The minimum atomic E-state index is -0.293. The van der Waals surface area contributed by atoms with Crippen LogP contribution in [0.15, 0.2) is 39.3 Å². The Balaban J connectivity index is 1.88. The molecule has 0 amide bonds. The van der Waals surface area contributed by atoms with E-state index in [1.54, 1.807) is 6.07 Å². The summed E-state index contributed by atoms with van der Waals surface area (Å²) in [4.78, 5) is 0. The standard InChI is InChI=1S/C16H14Br2FNO/c17-12-5-10-3-4-21-16(10)11(6-12)8-15(20)9-1-2-13(18)14(19)7-9/h1-2,5-7,15H,3-4,8,20H2. The topological polar surface area (TPSA) is 35.2 Å². The van der Waals surface area contributed by atoms with Crippen molar-refractivity contribution < 1.29 is 9.13 Å². The molecule has 2 aromatic rings. The third kappa shape index (κ3) is 3.15. The van der Waals surface area contributed by atoms with Crippen LogP contribution in [0.25, 0.3) is 0 Å². The summed E-state index contributed by atoms with van der Waals surface area (Å²) in [6.45, 7) is 0.709. The second kappa shape index (κ2) is 6.07. The Kier molecular flexibility index (Phi) is 4.33. The molecule has 5 heteroatoms. The molecule has 2 aromatic carbocycles. The van der Waals surface area contributed by atoms with Crippen molar-refractivity contribution in [2.45, 2.75) is 18.9 Å². The molecule has 0 radical (unpaired) electrons. The predicted molar refractivity (Wildman–Crippen MR) is 88.1 cm³/mol. The molecule has 0 bridgehead atoms.